The number of aromatic nitrogens is 1. The van der Waals surface area contributed by atoms with Crippen molar-refractivity contribution in [1.82, 2.24) is 4.98 Å². The van der Waals surface area contributed by atoms with Crippen molar-refractivity contribution >= 4 is 16.9 Å². The molecular formula is C17H15NO2. The lowest BCUT2D eigenvalue weighted by molar-refractivity contribution is -0.144. The van der Waals surface area contributed by atoms with Gasteiger partial charge in [0, 0.05) is 17.1 Å². The number of carbonyl (C=O) groups excluding carboxylic acids is 1. The highest BCUT2D eigenvalue weighted by molar-refractivity contribution is 5.87. The van der Waals surface area contributed by atoms with Gasteiger partial charge in [0.2, 0.25) is 0 Å². The zero-order valence-corrected chi connectivity index (χ0v) is 11.0. The van der Waals surface area contributed by atoms with Crippen LogP contribution in [0.5, 0.6) is 0 Å². The van der Waals surface area contributed by atoms with Crippen LogP contribution in [0.15, 0.2) is 60.8 Å². The van der Waals surface area contributed by atoms with Gasteiger partial charge in [-0.15, -0.1) is 0 Å². The number of benzene rings is 2. The number of fused-ring (bicyclic) bond motifs is 1. The lowest BCUT2D eigenvalue weighted by atomic mass is 10.1. The number of hydrogen-bond acceptors (Lipinski definition) is 2. The number of nitrogens with one attached hydrogen (secondary N) is 1. The molecule has 0 bridgehead atoms. The molecule has 0 unspecified atom stereocenters. The average Bonchev–Trinajstić information content (AvgIpc) is 2.96. The molecule has 0 saturated carbocycles. The first-order chi connectivity index (χ1) is 9.83. The second-order valence-corrected chi connectivity index (χ2v) is 4.68. The second-order valence-electron chi connectivity index (χ2n) is 4.68. The lowest BCUT2D eigenvalue weighted by Gasteiger charge is -2.06. The van der Waals surface area contributed by atoms with Crippen LogP contribution in [0.2, 0.25) is 0 Å². The van der Waals surface area contributed by atoms with Gasteiger partial charge in [-0.3, -0.25) is 4.79 Å². The van der Waals surface area contributed by atoms with Gasteiger partial charge in [0.15, 0.2) is 0 Å². The van der Waals surface area contributed by atoms with Gasteiger partial charge < -0.3 is 9.72 Å². The number of carbonyl (C=O) groups is 1. The van der Waals surface area contributed by atoms with Crippen LogP contribution in [0, 0.1) is 0 Å². The minimum absolute atomic E-state index is 0.206. The zero-order chi connectivity index (χ0) is 13.8. The van der Waals surface area contributed by atoms with Crippen molar-refractivity contribution in [1.29, 1.82) is 0 Å². The fourth-order valence-corrected chi connectivity index (χ4v) is 2.25. The van der Waals surface area contributed by atoms with E-state index in [0.717, 1.165) is 22.0 Å². The van der Waals surface area contributed by atoms with Crippen molar-refractivity contribution in [2.75, 3.05) is 0 Å². The number of aromatic amines is 1. The third-order valence-electron chi connectivity index (χ3n) is 3.26. The Bertz CT molecular complexity index is 716. The van der Waals surface area contributed by atoms with Crippen molar-refractivity contribution in [3.05, 3.63) is 71.9 Å². The Morgan fingerprint density at radius 3 is 2.70 bits per heavy atom. The summed E-state index contributed by atoms with van der Waals surface area (Å²) in [5.41, 5.74) is 3.03. The monoisotopic (exact) mass is 265 g/mol. The summed E-state index contributed by atoms with van der Waals surface area (Å²) in [6, 6.07) is 17.6. The molecule has 1 N–H and O–H groups in total. The summed E-state index contributed by atoms with van der Waals surface area (Å²) in [6.07, 6.45) is 2.17. The molecule has 0 fully saturated rings. The van der Waals surface area contributed by atoms with Crippen LogP contribution in [0.1, 0.15) is 11.1 Å². The average molecular weight is 265 g/mol. The normalized spacial score (nSPS) is 10.6. The Hall–Kier alpha value is -2.55. The molecule has 0 aliphatic carbocycles. The summed E-state index contributed by atoms with van der Waals surface area (Å²) in [6.45, 7) is 0.322. The predicted molar refractivity (Wildman–Crippen MR) is 78.2 cm³/mol. The quantitative estimate of drug-likeness (QED) is 0.734. The first kappa shape index (κ1) is 12.5. The number of ether oxygens (including phenoxy) is 1. The van der Waals surface area contributed by atoms with Crippen molar-refractivity contribution in [2.24, 2.45) is 0 Å². The summed E-state index contributed by atoms with van der Waals surface area (Å²) >= 11 is 0. The van der Waals surface area contributed by atoms with Crippen LogP contribution < -0.4 is 0 Å². The third-order valence-corrected chi connectivity index (χ3v) is 3.26. The number of esters is 1. The number of hydrogen-bond donors (Lipinski definition) is 1. The molecule has 0 amide bonds. The van der Waals surface area contributed by atoms with Crippen molar-refractivity contribution in [3.63, 3.8) is 0 Å². The Balaban J connectivity index is 1.66. The van der Waals surface area contributed by atoms with E-state index in [1.807, 2.05) is 60.8 Å². The highest BCUT2D eigenvalue weighted by Crippen LogP contribution is 2.18. The molecule has 3 aromatic rings. The van der Waals surface area contributed by atoms with E-state index < -0.39 is 0 Å². The summed E-state index contributed by atoms with van der Waals surface area (Å²) in [5.74, 6) is -0.206. The lowest BCUT2D eigenvalue weighted by Crippen LogP contribution is -2.08. The minimum Gasteiger partial charge on any atom is -0.461 e. The molecule has 0 aliphatic rings. The fourth-order valence-electron chi connectivity index (χ4n) is 2.25. The van der Waals surface area contributed by atoms with Gasteiger partial charge in [-0.05, 0) is 23.3 Å². The molecule has 0 atom stereocenters. The molecule has 0 spiro atoms. The highest BCUT2D eigenvalue weighted by atomic mass is 16.5. The molecule has 1 aromatic heterocycles. The maximum absolute atomic E-state index is 11.9. The second kappa shape index (κ2) is 5.61. The predicted octanol–water partition coefficient (Wildman–Crippen LogP) is 3.45. The van der Waals surface area contributed by atoms with Gasteiger partial charge in [-0.2, -0.15) is 0 Å². The largest absolute Gasteiger partial charge is 0.461 e. The van der Waals surface area contributed by atoms with Crippen LogP contribution in [0.3, 0.4) is 0 Å². The van der Waals surface area contributed by atoms with Gasteiger partial charge in [-0.1, -0.05) is 42.5 Å². The smallest absolute Gasteiger partial charge is 0.310 e. The molecule has 3 heteroatoms. The van der Waals surface area contributed by atoms with Gasteiger partial charge >= 0.3 is 5.97 Å². The van der Waals surface area contributed by atoms with Gasteiger partial charge in [0.1, 0.15) is 6.61 Å². The molecule has 0 saturated heterocycles. The molecule has 1 heterocycles. The van der Waals surface area contributed by atoms with Crippen LogP contribution >= 0.6 is 0 Å². The standard InChI is InChI=1S/C17H15NO2/c19-17(20-12-13-5-2-1-3-6-13)11-14-7-4-8-16-15(14)9-10-18-16/h1-10,18H,11-12H2. The van der Waals surface area contributed by atoms with Gasteiger partial charge in [0.05, 0.1) is 6.42 Å². The number of H-pyrrole nitrogens is 1. The summed E-state index contributed by atoms with van der Waals surface area (Å²) in [7, 11) is 0. The molecule has 0 radical (unpaired) electrons. The Labute approximate surface area is 117 Å². The third kappa shape index (κ3) is 2.72. The van der Waals surface area contributed by atoms with E-state index in [1.165, 1.54) is 0 Å². The Morgan fingerprint density at radius 1 is 1.00 bits per heavy atom. The van der Waals surface area contributed by atoms with Crippen LogP contribution in [-0.2, 0) is 22.6 Å². The molecule has 20 heavy (non-hydrogen) atoms. The molecule has 100 valence electrons. The molecule has 0 aliphatic heterocycles. The Morgan fingerprint density at radius 2 is 1.85 bits per heavy atom. The van der Waals surface area contributed by atoms with Crippen molar-refractivity contribution in [2.45, 2.75) is 13.0 Å². The van der Waals surface area contributed by atoms with E-state index >= 15 is 0 Å². The van der Waals surface area contributed by atoms with Crippen LogP contribution in [0.4, 0.5) is 0 Å². The number of rotatable bonds is 4. The molecule has 2 aromatic carbocycles. The van der Waals surface area contributed by atoms with Crippen LogP contribution in [0.25, 0.3) is 10.9 Å². The van der Waals surface area contributed by atoms with Crippen molar-refractivity contribution < 1.29 is 9.53 Å². The summed E-state index contributed by atoms with van der Waals surface area (Å²) in [4.78, 5) is 15.1. The van der Waals surface area contributed by atoms with E-state index in [4.69, 9.17) is 4.74 Å². The van der Waals surface area contributed by atoms with E-state index in [0.29, 0.717) is 13.0 Å². The van der Waals surface area contributed by atoms with Gasteiger partial charge in [-0.25, -0.2) is 0 Å². The van der Waals surface area contributed by atoms with Crippen LogP contribution in [-0.4, -0.2) is 11.0 Å². The topological polar surface area (TPSA) is 42.1 Å². The first-order valence-electron chi connectivity index (χ1n) is 6.57. The molecular weight excluding hydrogens is 250 g/mol. The van der Waals surface area contributed by atoms with E-state index in [2.05, 4.69) is 4.98 Å². The SMILES string of the molecule is O=C(Cc1cccc2[nH]ccc12)OCc1ccccc1. The highest BCUT2D eigenvalue weighted by Gasteiger charge is 2.08. The summed E-state index contributed by atoms with van der Waals surface area (Å²) < 4.78 is 5.31. The maximum atomic E-state index is 11.9. The summed E-state index contributed by atoms with van der Waals surface area (Å²) in [5, 5.41) is 1.07. The molecule has 3 rings (SSSR count). The minimum atomic E-state index is -0.206. The fraction of sp³-hybridized carbons (Fsp3) is 0.118. The van der Waals surface area contributed by atoms with Gasteiger partial charge in [0.25, 0.3) is 0 Å². The van der Waals surface area contributed by atoms with E-state index in [1.54, 1.807) is 0 Å². The maximum Gasteiger partial charge on any atom is 0.310 e. The van der Waals surface area contributed by atoms with E-state index in [-0.39, 0.29) is 5.97 Å². The Kier molecular flexibility index (Phi) is 3.50. The van der Waals surface area contributed by atoms with E-state index in [9.17, 15) is 4.79 Å². The molecule has 3 nitrogen and oxygen atoms in total. The zero-order valence-electron chi connectivity index (χ0n) is 11.0. The first-order valence-corrected chi connectivity index (χ1v) is 6.57. The van der Waals surface area contributed by atoms with Crippen molar-refractivity contribution in [3.8, 4) is 0 Å².